The molecule has 0 spiro atoms. The summed E-state index contributed by atoms with van der Waals surface area (Å²) in [4.78, 5) is 31.0. The highest BCUT2D eigenvalue weighted by Crippen LogP contribution is 2.23. The fourth-order valence-electron chi connectivity index (χ4n) is 2.95. The lowest BCUT2D eigenvalue weighted by molar-refractivity contribution is 0.220. The number of aromatic amines is 1. The van der Waals surface area contributed by atoms with Gasteiger partial charge in [-0.3, -0.25) is 14.3 Å². The second-order valence-electron chi connectivity index (χ2n) is 6.82. The minimum Gasteiger partial charge on any atom is -0.393 e. The summed E-state index contributed by atoms with van der Waals surface area (Å²) in [7, 11) is 1.61. The molecule has 2 N–H and O–H groups in total. The Bertz CT molecular complexity index is 822. The van der Waals surface area contributed by atoms with Crippen molar-refractivity contribution in [2.45, 2.75) is 76.6 Å². The van der Waals surface area contributed by atoms with E-state index in [2.05, 4.69) is 16.9 Å². The van der Waals surface area contributed by atoms with Crippen LogP contribution >= 0.6 is 11.8 Å². The molecule has 8 heteroatoms. The lowest BCUT2D eigenvalue weighted by Crippen LogP contribution is -2.29. The number of thioether (sulfide) groups is 1. The molecule has 2 aromatic rings. The van der Waals surface area contributed by atoms with E-state index in [9.17, 15) is 14.7 Å². The number of rotatable bonds is 11. The van der Waals surface area contributed by atoms with Crippen LogP contribution in [-0.2, 0) is 13.6 Å². The van der Waals surface area contributed by atoms with Crippen LogP contribution < -0.4 is 11.2 Å². The van der Waals surface area contributed by atoms with Crippen LogP contribution in [0.3, 0.4) is 0 Å². The largest absolute Gasteiger partial charge is 0.393 e. The first-order valence-corrected chi connectivity index (χ1v) is 10.4. The molecule has 2 heterocycles. The first kappa shape index (κ1) is 20.8. The summed E-state index contributed by atoms with van der Waals surface area (Å²) in [6, 6.07) is 0. The van der Waals surface area contributed by atoms with E-state index in [-0.39, 0.29) is 0 Å². The molecular weight excluding hydrogens is 352 g/mol. The highest BCUT2D eigenvalue weighted by Gasteiger charge is 2.17. The summed E-state index contributed by atoms with van der Waals surface area (Å²) >= 11 is 1.41. The van der Waals surface area contributed by atoms with Crippen LogP contribution in [0.5, 0.6) is 0 Å². The fraction of sp³-hybridized carbons (Fsp3) is 0.722. The summed E-state index contributed by atoms with van der Waals surface area (Å²) in [6.07, 6.45) is 7.85. The molecular formula is C18H30N4O3S. The molecule has 0 aromatic carbocycles. The van der Waals surface area contributed by atoms with Crippen molar-refractivity contribution < 1.29 is 5.11 Å². The molecule has 0 radical (unpaired) electrons. The Labute approximate surface area is 157 Å². The minimum atomic E-state index is -0.464. The number of aliphatic hydroxyl groups is 1. The van der Waals surface area contributed by atoms with Crippen molar-refractivity contribution in [3.05, 3.63) is 20.8 Å². The Morgan fingerprint density at radius 1 is 1.15 bits per heavy atom. The molecule has 0 aliphatic heterocycles. The average molecular weight is 383 g/mol. The van der Waals surface area contributed by atoms with Gasteiger partial charge >= 0.3 is 5.69 Å². The summed E-state index contributed by atoms with van der Waals surface area (Å²) in [5, 5.41) is 10.2. The molecule has 0 amide bonds. The summed E-state index contributed by atoms with van der Waals surface area (Å²) in [5.74, 6) is 0.492. The number of nitrogens with zero attached hydrogens (tertiary/aromatic N) is 3. The van der Waals surface area contributed by atoms with Gasteiger partial charge in [-0.1, -0.05) is 57.2 Å². The van der Waals surface area contributed by atoms with Gasteiger partial charge in [0.1, 0.15) is 0 Å². The van der Waals surface area contributed by atoms with Crippen LogP contribution in [0.15, 0.2) is 14.7 Å². The SMILES string of the molecule is CCCCCCCCCn1c(SC[C@@H](C)O)nc2c1c(=O)[nH]c(=O)n2C. The Balaban J connectivity index is 2.18. The molecule has 2 rings (SSSR count). The zero-order valence-corrected chi connectivity index (χ0v) is 16.8. The van der Waals surface area contributed by atoms with Gasteiger partial charge in [0.2, 0.25) is 0 Å². The van der Waals surface area contributed by atoms with Crippen molar-refractivity contribution in [2.75, 3.05) is 5.75 Å². The number of unbranched alkanes of at least 4 members (excludes halogenated alkanes) is 6. The molecule has 0 fully saturated rings. The second kappa shape index (κ2) is 9.97. The number of aromatic nitrogens is 4. The second-order valence-corrected chi connectivity index (χ2v) is 7.81. The zero-order valence-electron chi connectivity index (χ0n) is 16.0. The van der Waals surface area contributed by atoms with E-state index in [4.69, 9.17) is 0 Å². The monoisotopic (exact) mass is 382 g/mol. The Hall–Kier alpha value is -1.54. The van der Waals surface area contributed by atoms with E-state index in [1.54, 1.807) is 14.0 Å². The molecule has 0 unspecified atom stereocenters. The predicted octanol–water partition coefficient (Wildman–Crippen LogP) is 2.65. The van der Waals surface area contributed by atoms with Gasteiger partial charge in [-0.15, -0.1) is 0 Å². The quantitative estimate of drug-likeness (QED) is 0.460. The maximum atomic E-state index is 12.3. The Morgan fingerprint density at radius 2 is 1.81 bits per heavy atom. The number of fused-ring (bicyclic) bond motifs is 1. The van der Waals surface area contributed by atoms with Crippen molar-refractivity contribution in [1.29, 1.82) is 0 Å². The van der Waals surface area contributed by atoms with Gasteiger partial charge < -0.3 is 9.67 Å². The number of hydrogen-bond donors (Lipinski definition) is 2. The van der Waals surface area contributed by atoms with E-state index < -0.39 is 17.4 Å². The van der Waals surface area contributed by atoms with Gasteiger partial charge in [0, 0.05) is 19.3 Å². The molecule has 0 bridgehead atoms. The molecule has 0 aliphatic rings. The smallest absolute Gasteiger partial charge is 0.329 e. The van der Waals surface area contributed by atoms with Gasteiger partial charge in [-0.25, -0.2) is 9.78 Å². The van der Waals surface area contributed by atoms with Crippen LogP contribution in [0.4, 0.5) is 0 Å². The molecule has 146 valence electrons. The number of aryl methyl sites for hydroxylation is 2. The molecule has 26 heavy (non-hydrogen) atoms. The molecule has 7 nitrogen and oxygen atoms in total. The van der Waals surface area contributed by atoms with Crippen molar-refractivity contribution in [3.8, 4) is 0 Å². The molecule has 2 aromatic heterocycles. The fourth-order valence-corrected chi connectivity index (χ4v) is 3.83. The third-order valence-electron chi connectivity index (χ3n) is 4.41. The van der Waals surface area contributed by atoms with Gasteiger partial charge in [0.05, 0.1) is 6.10 Å². The first-order chi connectivity index (χ1) is 12.5. The predicted molar refractivity (Wildman–Crippen MR) is 106 cm³/mol. The number of hydrogen-bond acceptors (Lipinski definition) is 5. The molecule has 1 atom stereocenters. The Kier molecular flexibility index (Phi) is 7.96. The van der Waals surface area contributed by atoms with E-state index in [1.807, 2.05) is 4.57 Å². The van der Waals surface area contributed by atoms with Crippen LogP contribution in [0.25, 0.3) is 11.2 Å². The summed E-state index contributed by atoms with van der Waals surface area (Å²) < 4.78 is 3.26. The summed E-state index contributed by atoms with van der Waals surface area (Å²) in [5.41, 5.74) is -0.0291. The van der Waals surface area contributed by atoms with E-state index in [1.165, 1.54) is 48.4 Å². The number of aliphatic hydroxyl groups excluding tert-OH is 1. The molecule has 0 saturated carbocycles. The molecule has 0 saturated heterocycles. The third kappa shape index (κ3) is 5.23. The third-order valence-corrected chi connectivity index (χ3v) is 5.63. The first-order valence-electron chi connectivity index (χ1n) is 9.46. The Morgan fingerprint density at radius 3 is 2.46 bits per heavy atom. The van der Waals surface area contributed by atoms with Gasteiger partial charge in [0.25, 0.3) is 5.56 Å². The lowest BCUT2D eigenvalue weighted by atomic mass is 10.1. The minimum absolute atomic E-state index is 0.398. The average Bonchev–Trinajstić information content (AvgIpc) is 2.96. The lowest BCUT2D eigenvalue weighted by Gasteiger charge is -2.09. The maximum absolute atomic E-state index is 12.3. The standard InChI is InChI=1S/C18H30N4O3S/c1-4-5-6-7-8-9-10-11-22-14-15(19-18(22)26-12-13(2)23)21(3)17(25)20-16(14)24/h13,23H,4-12H2,1-3H3,(H,20,24,25)/t13-/m1/s1. The molecule has 0 aliphatic carbocycles. The normalized spacial score (nSPS) is 12.8. The van der Waals surface area contributed by atoms with Crippen LogP contribution in [-0.4, -0.2) is 36.1 Å². The highest BCUT2D eigenvalue weighted by atomic mass is 32.2. The van der Waals surface area contributed by atoms with Gasteiger partial charge in [-0.05, 0) is 13.3 Å². The topological polar surface area (TPSA) is 92.9 Å². The van der Waals surface area contributed by atoms with Crippen LogP contribution in [0, 0.1) is 0 Å². The maximum Gasteiger partial charge on any atom is 0.329 e. The number of H-pyrrole nitrogens is 1. The van der Waals surface area contributed by atoms with Crippen molar-refractivity contribution in [2.24, 2.45) is 7.05 Å². The van der Waals surface area contributed by atoms with Gasteiger partial charge in [-0.2, -0.15) is 0 Å². The summed E-state index contributed by atoms with van der Waals surface area (Å²) in [6.45, 7) is 4.62. The highest BCUT2D eigenvalue weighted by molar-refractivity contribution is 7.99. The number of nitrogens with one attached hydrogen (secondary N) is 1. The van der Waals surface area contributed by atoms with Crippen molar-refractivity contribution in [1.82, 2.24) is 19.1 Å². The van der Waals surface area contributed by atoms with Crippen LogP contribution in [0.2, 0.25) is 0 Å². The van der Waals surface area contributed by atoms with E-state index in [0.29, 0.717) is 28.6 Å². The zero-order chi connectivity index (χ0) is 19.1. The van der Waals surface area contributed by atoms with Gasteiger partial charge in [0.15, 0.2) is 16.3 Å². The number of imidazole rings is 1. The van der Waals surface area contributed by atoms with E-state index in [0.717, 1.165) is 12.8 Å². The van der Waals surface area contributed by atoms with Crippen LogP contribution in [0.1, 0.15) is 58.8 Å². The van der Waals surface area contributed by atoms with E-state index >= 15 is 0 Å². The van der Waals surface area contributed by atoms with Crippen molar-refractivity contribution >= 4 is 22.9 Å². The van der Waals surface area contributed by atoms with Crippen molar-refractivity contribution in [3.63, 3.8) is 0 Å².